The molecule has 0 aromatic carbocycles. The Balaban J connectivity index is 1.47. The average Bonchev–Trinajstić information content (AvgIpc) is 3.06. The first-order chi connectivity index (χ1) is 14.2. The van der Waals surface area contributed by atoms with Crippen molar-refractivity contribution in [3.63, 3.8) is 0 Å². The number of allylic oxidation sites excluding steroid dienone is 3. The molecule has 0 saturated heterocycles. The SMILES string of the molecule is C=C(C)C(=CC)CCC(C)C1CCC2C3CCC4CC(O)CCC4(C)C3CCC12C. The van der Waals surface area contributed by atoms with E-state index < -0.39 is 0 Å². The van der Waals surface area contributed by atoms with Gasteiger partial charge in [0.1, 0.15) is 0 Å². The lowest BCUT2D eigenvalue weighted by atomic mass is 9.44. The summed E-state index contributed by atoms with van der Waals surface area (Å²) in [6.45, 7) is 16.4. The highest BCUT2D eigenvalue weighted by Gasteiger charge is 2.60. The summed E-state index contributed by atoms with van der Waals surface area (Å²) < 4.78 is 0. The maximum absolute atomic E-state index is 10.3. The van der Waals surface area contributed by atoms with Crippen molar-refractivity contribution in [3.05, 3.63) is 23.8 Å². The minimum atomic E-state index is -0.0218. The molecule has 0 aromatic heterocycles. The van der Waals surface area contributed by atoms with Crippen LogP contribution in [0.2, 0.25) is 0 Å². The largest absolute Gasteiger partial charge is 0.393 e. The summed E-state index contributed by atoms with van der Waals surface area (Å²) in [5.41, 5.74) is 3.80. The van der Waals surface area contributed by atoms with Crippen LogP contribution >= 0.6 is 0 Å². The van der Waals surface area contributed by atoms with Crippen LogP contribution in [0.5, 0.6) is 0 Å². The molecule has 4 fully saturated rings. The number of hydrogen-bond donors (Lipinski definition) is 1. The molecule has 0 heterocycles. The average molecular weight is 413 g/mol. The quantitative estimate of drug-likeness (QED) is 0.454. The van der Waals surface area contributed by atoms with Crippen molar-refractivity contribution in [2.75, 3.05) is 0 Å². The van der Waals surface area contributed by atoms with Crippen LogP contribution in [0.1, 0.15) is 105 Å². The van der Waals surface area contributed by atoms with Crippen LogP contribution in [-0.2, 0) is 0 Å². The maximum Gasteiger partial charge on any atom is 0.0543 e. The molecule has 0 bridgehead atoms. The van der Waals surface area contributed by atoms with Gasteiger partial charge in [-0.2, -0.15) is 0 Å². The number of fused-ring (bicyclic) bond motifs is 5. The van der Waals surface area contributed by atoms with E-state index in [0.717, 1.165) is 48.3 Å². The van der Waals surface area contributed by atoms with Crippen LogP contribution < -0.4 is 0 Å². The highest BCUT2D eigenvalue weighted by atomic mass is 16.3. The Morgan fingerprint density at radius 3 is 2.43 bits per heavy atom. The molecule has 0 aromatic rings. The van der Waals surface area contributed by atoms with Gasteiger partial charge < -0.3 is 5.11 Å². The normalized spacial score (nSPS) is 47.2. The number of aliphatic hydroxyl groups is 1. The van der Waals surface area contributed by atoms with E-state index in [2.05, 4.69) is 47.3 Å². The molecule has 4 rings (SSSR count). The predicted molar refractivity (Wildman–Crippen MR) is 128 cm³/mol. The van der Waals surface area contributed by atoms with Gasteiger partial charge in [0.25, 0.3) is 0 Å². The highest BCUT2D eigenvalue weighted by molar-refractivity contribution is 5.25. The van der Waals surface area contributed by atoms with Crippen molar-refractivity contribution >= 4 is 0 Å². The number of rotatable bonds is 5. The molecule has 1 N–H and O–H groups in total. The molecule has 0 amide bonds. The smallest absolute Gasteiger partial charge is 0.0543 e. The minimum absolute atomic E-state index is 0.0218. The molecule has 4 aliphatic rings. The van der Waals surface area contributed by atoms with E-state index in [9.17, 15) is 5.11 Å². The number of aliphatic hydroxyl groups excluding tert-OH is 1. The van der Waals surface area contributed by atoms with Crippen LogP contribution in [-0.4, -0.2) is 11.2 Å². The van der Waals surface area contributed by atoms with Gasteiger partial charge in [0.2, 0.25) is 0 Å². The standard InChI is InChI=1S/C29H48O/c1-7-21(19(2)3)9-8-20(4)25-12-13-26-24-11-10-22-18-23(30)14-16-28(22,5)27(24)15-17-29(25,26)6/h7,20,22-27,30H,2,8-18H2,1,3-6H3. The summed E-state index contributed by atoms with van der Waals surface area (Å²) in [5.74, 6) is 5.35. The van der Waals surface area contributed by atoms with Crippen LogP contribution in [0.15, 0.2) is 23.8 Å². The van der Waals surface area contributed by atoms with Crippen molar-refractivity contribution in [1.29, 1.82) is 0 Å². The molecule has 1 heteroatoms. The van der Waals surface area contributed by atoms with Gasteiger partial charge in [-0.25, -0.2) is 0 Å². The van der Waals surface area contributed by atoms with Crippen molar-refractivity contribution in [2.45, 2.75) is 111 Å². The van der Waals surface area contributed by atoms with Crippen molar-refractivity contribution in [3.8, 4) is 0 Å². The second-order valence-electron chi connectivity index (χ2n) is 12.4. The highest BCUT2D eigenvalue weighted by Crippen LogP contribution is 2.68. The lowest BCUT2D eigenvalue weighted by Gasteiger charge is -2.61. The third kappa shape index (κ3) is 3.66. The lowest BCUT2D eigenvalue weighted by molar-refractivity contribution is -0.129. The first-order valence-electron chi connectivity index (χ1n) is 13.2. The van der Waals surface area contributed by atoms with Gasteiger partial charge >= 0.3 is 0 Å². The van der Waals surface area contributed by atoms with E-state index >= 15 is 0 Å². The molecule has 4 aliphatic carbocycles. The zero-order chi connectivity index (χ0) is 21.7. The van der Waals surface area contributed by atoms with Crippen molar-refractivity contribution < 1.29 is 5.11 Å². The Morgan fingerprint density at radius 1 is 1.03 bits per heavy atom. The molecular formula is C29H48O. The zero-order valence-corrected chi connectivity index (χ0v) is 20.6. The van der Waals surface area contributed by atoms with Gasteiger partial charge in [-0.1, -0.05) is 39.0 Å². The van der Waals surface area contributed by atoms with E-state index in [0.29, 0.717) is 10.8 Å². The van der Waals surface area contributed by atoms with Crippen LogP contribution in [0.4, 0.5) is 0 Å². The van der Waals surface area contributed by atoms with E-state index in [4.69, 9.17) is 0 Å². The molecule has 9 unspecified atom stereocenters. The summed E-state index contributed by atoms with van der Waals surface area (Å²) in [6.07, 6.45) is 16.9. The Labute approximate surface area is 186 Å². The van der Waals surface area contributed by atoms with Gasteiger partial charge in [-0.15, -0.1) is 0 Å². The van der Waals surface area contributed by atoms with Crippen LogP contribution in [0.25, 0.3) is 0 Å². The number of hydrogen-bond acceptors (Lipinski definition) is 1. The molecule has 170 valence electrons. The first kappa shape index (κ1) is 22.6. The molecule has 0 aliphatic heterocycles. The fourth-order valence-electron chi connectivity index (χ4n) is 9.40. The lowest BCUT2D eigenvalue weighted by Crippen LogP contribution is -2.54. The van der Waals surface area contributed by atoms with E-state index in [1.54, 1.807) is 0 Å². The molecule has 4 saturated carbocycles. The van der Waals surface area contributed by atoms with Gasteiger partial charge in [0.15, 0.2) is 0 Å². The monoisotopic (exact) mass is 412 g/mol. The fourth-order valence-corrected chi connectivity index (χ4v) is 9.40. The zero-order valence-electron chi connectivity index (χ0n) is 20.6. The van der Waals surface area contributed by atoms with Crippen LogP contribution in [0, 0.1) is 46.3 Å². The van der Waals surface area contributed by atoms with E-state index in [-0.39, 0.29) is 6.10 Å². The summed E-state index contributed by atoms with van der Waals surface area (Å²) in [5, 5.41) is 10.3. The summed E-state index contributed by atoms with van der Waals surface area (Å²) in [4.78, 5) is 0. The van der Waals surface area contributed by atoms with Crippen LogP contribution in [0.3, 0.4) is 0 Å². The van der Waals surface area contributed by atoms with E-state index in [1.807, 2.05) is 0 Å². The predicted octanol–water partition coefficient (Wildman–Crippen LogP) is 7.94. The van der Waals surface area contributed by atoms with Crippen molar-refractivity contribution in [2.24, 2.45) is 46.3 Å². The fraction of sp³-hybridized carbons (Fsp3) is 0.862. The Hall–Kier alpha value is -0.560. The first-order valence-corrected chi connectivity index (χ1v) is 13.2. The molecule has 1 nitrogen and oxygen atoms in total. The summed E-state index contributed by atoms with van der Waals surface area (Å²) in [6, 6.07) is 0. The Bertz CT molecular complexity index is 676. The molecule has 30 heavy (non-hydrogen) atoms. The van der Waals surface area contributed by atoms with Gasteiger partial charge in [0, 0.05) is 0 Å². The Kier molecular flexibility index (Phi) is 6.35. The van der Waals surface area contributed by atoms with E-state index in [1.165, 1.54) is 68.9 Å². The van der Waals surface area contributed by atoms with Gasteiger partial charge in [-0.05, 0) is 136 Å². The molecule has 9 atom stereocenters. The minimum Gasteiger partial charge on any atom is -0.393 e. The Morgan fingerprint density at radius 2 is 1.73 bits per heavy atom. The second-order valence-corrected chi connectivity index (χ2v) is 12.4. The third-order valence-electron chi connectivity index (χ3n) is 11.2. The topological polar surface area (TPSA) is 20.2 Å². The third-order valence-corrected chi connectivity index (χ3v) is 11.2. The summed E-state index contributed by atoms with van der Waals surface area (Å²) in [7, 11) is 0. The maximum atomic E-state index is 10.3. The van der Waals surface area contributed by atoms with Crippen molar-refractivity contribution in [1.82, 2.24) is 0 Å². The molecule has 0 radical (unpaired) electrons. The second kappa shape index (κ2) is 8.42. The summed E-state index contributed by atoms with van der Waals surface area (Å²) >= 11 is 0. The molecular weight excluding hydrogens is 364 g/mol. The van der Waals surface area contributed by atoms with Gasteiger partial charge in [-0.3, -0.25) is 0 Å². The van der Waals surface area contributed by atoms with Gasteiger partial charge in [0.05, 0.1) is 6.10 Å². The molecule has 0 spiro atoms.